The molecule has 0 fully saturated rings. The lowest BCUT2D eigenvalue weighted by Gasteiger charge is -2.31. The highest BCUT2D eigenvalue weighted by Gasteiger charge is 2.33. The first kappa shape index (κ1) is 20.6. The van der Waals surface area contributed by atoms with Crippen molar-refractivity contribution in [3.05, 3.63) is 82.6 Å². The van der Waals surface area contributed by atoms with Gasteiger partial charge in [-0.05, 0) is 32.0 Å². The van der Waals surface area contributed by atoms with Crippen molar-refractivity contribution in [3.63, 3.8) is 0 Å². The van der Waals surface area contributed by atoms with Crippen LogP contribution in [0.25, 0.3) is 0 Å². The molecule has 6 heteroatoms. The van der Waals surface area contributed by atoms with Gasteiger partial charge >= 0.3 is 12.0 Å². The van der Waals surface area contributed by atoms with Crippen molar-refractivity contribution < 1.29 is 14.3 Å². The molecule has 0 unspecified atom stereocenters. The number of rotatable bonds is 7. The Hall–Kier alpha value is -3.12. The van der Waals surface area contributed by atoms with Crippen molar-refractivity contribution in [3.8, 4) is 0 Å². The van der Waals surface area contributed by atoms with Gasteiger partial charge in [-0.2, -0.15) is 0 Å². The molecule has 0 saturated carbocycles. The lowest BCUT2D eigenvalue weighted by molar-refractivity contribution is -0.139. The van der Waals surface area contributed by atoms with Gasteiger partial charge in [0.1, 0.15) is 0 Å². The summed E-state index contributed by atoms with van der Waals surface area (Å²) in [6.45, 7) is 5.15. The van der Waals surface area contributed by atoms with Gasteiger partial charge in [0.05, 0.1) is 18.2 Å². The number of benzene rings is 2. The standard InChI is InChI=1S/C23H27N3O3/c1-4-29-22(27)20-19(15-26(3)14-17-8-6-5-7-9-17)24-23(28)25-21(20)18-12-10-16(2)11-13-18/h5-13,21H,4,14-15H2,1-3H3,(H2,24,25,28)/t21-/m0/s1. The highest BCUT2D eigenvalue weighted by molar-refractivity contribution is 5.95. The molecule has 0 bridgehead atoms. The molecule has 1 atom stereocenters. The van der Waals surface area contributed by atoms with Crippen molar-refractivity contribution in [1.29, 1.82) is 0 Å². The topological polar surface area (TPSA) is 70.7 Å². The van der Waals surface area contributed by atoms with Gasteiger partial charge in [-0.25, -0.2) is 9.59 Å². The summed E-state index contributed by atoms with van der Waals surface area (Å²) in [7, 11) is 1.96. The van der Waals surface area contributed by atoms with Gasteiger partial charge < -0.3 is 15.4 Å². The number of ether oxygens (including phenoxy) is 1. The second-order valence-corrected chi connectivity index (χ2v) is 7.21. The Morgan fingerprint density at radius 2 is 1.76 bits per heavy atom. The highest BCUT2D eigenvalue weighted by Crippen LogP contribution is 2.28. The summed E-state index contributed by atoms with van der Waals surface area (Å²) in [6.07, 6.45) is 0. The molecule has 2 aromatic rings. The van der Waals surface area contributed by atoms with E-state index in [2.05, 4.69) is 15.5 Å². The van der Waals surface area contributed by atoms with E-state index in [1.54, 1.807) is 6.92 Å². The molecule has 2 aromatic carbocycles. The Bertz CT molecular complexity index is 891. The lowest BCUT2D eigenvalue weighted by Crippen LogP contribution is -2.48. The van der Waals surface area contributed by atoms with Crippen molar-refractivity contribution in [2.45, 2.75) is 26.4 Å². The summed E-state index contributed by atoms with van der Waals surface area (Å²) in [5.74, 6) is -0.423. The molecule has 1 heterocycles. The first-order valence-electron chi connectivity index (χ1n) is 9.74. The smallest absolute Gasteiger partial charge is 0.338 e. The van der Waals surface area contributed by atoms with Gasteiger partial charge in [0, 0.05) is 18.8 Å². The fraction of sp³-hybridized carbons (Fsp3) is 0.304. The predicted octanol–water partition coefficient (Wildman–Crippen LogP) is 3.30. The van der Waals surface area contributed by atoms with Crippen LogP contribution in [0.3, 0.4) is 0 Å². The van der Waals surface area contributed by atoms with E-state index < -0.39 is 12.0 Å². The molecule has 0 aliphatic carbocycles. The van der Waals surface area contributed by atoms with E-state index in [4.69, 9.17) is 4.74 Å². The van der Waals surface area contributed by atoms with Crippen LogP contribution in [0.2, 0.25) is 0 Å². The zero-order valence-electron chi connectivity index (χ0n) is 17.1. The minimum Gasteiger partial charge on any atom is -0.463 e. The Labute approximate surface area is 171 Å². The van der Waals surface area contributed by atoms with Crippen molar-refractivity contribution >= 4 is 12.0 Å². The van der Waals surface area contributed by atoms with Crippen molar-refractivity contribution in [1.82, 2.24) is 15.5 Å². The molecule has 0 aromatic heterocycles. The van der Waals surface area contributed by atoms with Crippen LogP contribution < -0.4 is 10.6 Å². The maximum atomic E-state index is 12.8. The molecule has 0 spiro atoms. The van der Waals surface area contributed by atoms with Gasteiger partial charge in [-0.1, -0.05) is 60.2 Å². The average molecular weight is 393 g/mol. The van der Waals surface area contributed by atoms with E-state index in [-0.39, 0.29) is 12.6 Å². The average Bonchev–Trinajstić information content (AvgIpc) is 2.69. The second-order valence-electron chi connectivity index (χ2n) is 7.21. The molecule has 0 saturated heterocycles. The molecule has 152 valence electrons. The minimum atomic E-state index is -0.552. The van der Waals surface area contributed by atoms with E-state index in [1.165, 1.54) is 0 Å². The van der Waals surface area contributed by atoms with Gasteiger partial charge in [0.15, 0.2) is 0 Å². The largest absolute Gasteiger partial charge is 0.463 e. The number of amides is 2. The van der Waals surface area contributed by atoms with Crippen molar-refractivity contribution in [2.75, 3.05) is 20.2 Å². The normalized spacial score (nSPS) is 16.4. The number of nitrogens with zero attached hydrogens (tertiary/aromatic N) is 1. The monoisotopic (exact) mass is 393 g/mol. The lowest BCUT2D eigenvalue weighted by atomic mass is 9.94. The van der Waals surface area contributed by atoms with E-state index in [9.17, 15) is 9.59 Å². The molecule has 2 N–H and O–H groups in total. The quantitative estimate of drug-likeness (QED) is 0.708. The molecule has 6 nitrogen and oxygen atoms in total. The van der Waals surface area contributed by atoms with Crippen LogP contribution >= 0.6 is 0 Å². The first-order chi connectivity index (χ1) is 14.0. The Kier molecular flexibility index (Phi) is 6.67. The van der Waals surface area contributed by atoms with Crippen LogP contribution in [-0.2, 0) is 16.1 Å². The summed E-state index contributed by atoms with van der Waals surface area (Å²) in [5, 5.41) is 5.69. The minimum absolute atomic E-state index is 0.268. The van der Waals surface area contributed by atoms with E-state index in [1.807, 2.05) is 68.6 Å². The molecule has 1 aliphatic heterocycles. The van der Waals surface area contributed by atoms with Crippen LogP contribution in [0.15, 0.2) is 65.9 Å². The number of carbonyl (C=O) groups excluding carboxylic acids is 2. The zero-order chi connectivity index (χ0) is 20.8. The number of urea groups is 1. The predicted molar refractivity (Wildman–Crippen MR) is 112 cm³/mol. The number of aryl methyl sites for hydroxylation is 1. The summed E-state index contributed by atoms with van der Waals surface area (Å²) in [6, 6.07) is 17.0. The van der Waals surface area contributed by atoms with E-state index in [0.717, 1.165) is 16.7 Å². The van der Waals surface area contributed by atoms with Crippen LogP contribution in [-0.4, -0.2) is 37.1 Å². The number of esters is 1. The van der Waals surface area contributed by atoms with Crippen molar-refractivity contribution in [2.24, 2.45) is 0 Å². The molecule has 1 aliphatic rings. The molecular formula is C23H27N3O3. The number of hydrogen-bond donors (Lipinski definition) is 2. The van der Waals surface area contributed by atoms with Gasteiger partial charge in [0.25, 0.3) is 0 Å². The molecular weight excluding hydrogens is 366 g/mol. The maximum absolute atomic E-state index is 12.8. The van der Waals surface area contributed by atoms with E-state index in [0.29, 0.717) is 24.4 Å². The molecule has 0 radical (unpaired) electrons. The van der Waals surface area contributed by atoms with Gasteiger partial charge in [0.2, 0.25) is 0 Å². The summed E-state index contributed by atoms with van der Waals surface area (Å²) in [4.78, 5) is 27.2. The Balaban J connectivity index is 1.93. The van der Waals surface area contributed by atoms with Crippen LogP contribution in [0.1, 0.15) is 29.7 Å². The SMILES string of the molecule is CCOC(=O)C1=C(CN(C)Cc2ccccc2)NC(=O)N[C@H]1c1ccc(C)cc1. The highest BCUT2D eigenvalue weighted by atomic mass is 16.5. The Morgan fingerprint density at radius 3 is 2.41 bits per heavy atom. The fourth-order valence-corrected chi connectivity index (χ4v) is 3.42. The van der Waals surface area contributed by atoms with Crippen LogP contribution in [0.4, 0.5) is 4.79 Å². The molecule has 29 heavy (non-hydrogen) atoms. The van der Waals surface area contributed by atoms with E-state index >= 15 is 0 Å². The summed E-state index contributed by atoms with van der Waals surface area (Å²) >= 11 is 0. The zero-order valence-corrected chi connectivity index (χ0v) is 17.1. The number of hydrogen-bond acceptors (Lipinski definition) is 4. The number of nitrogens with one attached hydrogen (secondary N) is 2. The summed E-state index contributed by atoms with van der Waals surface area (Å²) in [5.41, 5.74) is 4.12. The first-order valence-corrected chi connectivity index (χ1v) is 9.74. The maximum Gasteiger partial charge on any atom is 0.338 e. The van der Waals surface area contributed by atoms with Gasteiger partial charge in [-0.15, -0.1) is 0 Å². The third kappa shape index (κ3) is 5.23. The van der Waals surface area contributed by atoms with Crippen LogP contribution in [0, 0.1) is 6.92 Å². The fourth-order valence-electron chi connectivity index (χ4n) is 3.42. The van der Waals surface area contributed by atoms with Gasteiger partial charge in [-0.3, -0.25) is 4.90 Å². The number of likely N-dealkylation sites (N-methyl/N-ethyl adjacent to an activating group) is 1. The third-order valence-corrected chi connectivity index (χ3v) is 4.78. The number of carbonyl (C=O) groups is 2. The Morgan fingerprint density at radius 1 is 1.07 bits per heavy atom. The van der Waals surface area contributed by atoms with Crippen LogP contribution in [0.5, 0.6) is 0 Å². The molecule has 2 amide bonds. The molecule has 3 rings (SSSR count). The second kappa shape index (κ2) is 9.39. The third-order valence-electron chi connectivity index (χ3n) is 4.78. The summed E-state index contributed by atoms with van der Waals surface area (Å²) < 4.78 is 5.32.